The first-order valence-electron chi connectivity index (χ1n) is 5.22. The lowest BCUT2D eigenvalue weighted by molar-refractivity contribution is 0.00494. The van der Waals surface area contributed by atoms with Gasteiger partial charge in [-0.3, -0.25) is 0 Å². The van der Waals surface area contributed by atoms with E-state index in [1.54, 1.807) is 18.9 Å². The van der Waals surface area contributed by atoms with Gasteiger partial charge in [-0.2, -0.15) is 11.8 Å². The zero-order valence-electron chi connectivity index (χ0n) is 10.0. The fraction of sp³-hybridized carbons (Fsp3) is 1.00. The molecule has 86 valence electrons. The van der Waals surface area contributed by atoms with Gasteiger partial charge in [-0.15, -0.1) is 0 Å². The third-order valence-corrected chi connectivity index (χ3v) is 3.50. The number of aliphatic hydroxyl groups is 1. The maximum absolute atomic E-state index is 9.68. The lowest BCUT2D eigenvalue weighted by Crippen LogP contribution is -2.25. The Labute approximate surface area is 92.4 Å². The number of ether oxygens (including phenoxy) is 1. The van der Waals surface area contributed by atoms with E-state index in [0.29, 0.717) is 5.25 Å². The minimum atomic E-state index is -0.197. The van der Waals surface area contributed by atoms with Crippen molar-refractivity contribution in [3.05, 3.63) is 0 Å². The second-order valence-corrected chi connectivity index (χ2v) is 6.15. The Morgan fingerprint density at radius 2 is 1.93 bits per heavy atom. The summed E-state index contributed by atoms with van der Waals surface area (Å²) in [5.74, 6) is 0.831. The Bertz CT molecular complexity index is 146. The summed E-state index contributed by atoms with van der Waals surface area (Å²) >= 11 is 1.81. The molecule has 0 saturated heterocycles. The number of methoxy groups -OCH3 is 1. The summed E-state index contributed by atoms with van der Waals surface area (Å²) in [4.78, 5) is 0. The SMILES string of the molecule is COC(C)(C)CCC(O)CSC(C)C. The van der Waals surface area contributed by atoms with E-state index in [1.807, 2.05) is 0 Å². The zero-order valence-corrected chi connectivity index (χ0v) is 10.9. The Balaban J connectivity index is 3.58. The molecule has 0 aromatic heterocycles. The molecule has 1 atom stereocenters. The molecule has 0 fully saturated rings. The minimum absolute atomic E-state index is 0.108. The Kier molecular flexibility index (Phi) is 6.83. The smallest absolute Gasteiger partial charge is 0.0631 e. The van der Waals surface area contributed by atoms with Crippen LogP contribution in [-0.4, -0.2) is 34.9 Å². The van der Waals surface area contributed by atoms with Gasteiger partial charge in [0.25, 0.3) is 0 Å². The van der Waals surface area contributed by atoms with Crippen molar-refractivity contribution in [2.24, 2.45) is 0 Å². The van der Waals surface area contributed by atoms with E-state index >= 15 is 0 Å². The van der Waals surface area contributed by atoms with Crippen molar-refractivity contribution in [2.75, 3.05) is 12.9 Å². The molecule has 0 aliphatic carbocycles. The van der Waals surface area contributed by atoms with E-state index in [0.717, 1.165) is 18.6 Å². The van der Waals surface area contributed by atoms with Crippen molar-refractivity contribution in [2.45, 2.75) is 57.5 Å². The molecule has 1 unspecified atom stereocenters. The lowest BCUT2D eigenvalue weighted by atomic mass is 10.0. The van der Waals surface area contributed by atoms with Crippen LogP contribution in [0.1, 0.15) is 40.5 Å². The normalized spacial score (nSPS) is 14.8. The van der Waals surface area contributed by atoms with Gasteiger partial charge in [-0.05, 0) is 31.9 Å². The maximum Gasteiger partial charge on any atom is 0.0631 e. The first-order chi connectivity index (χ1) is 6.37. The van der Waals surface area contributed by atoms with Crippen LogP contribution in [0, 0.1) is 0 Å². The van der Waals surface area contributed by atoms with Crippen molar-refractivity contribution in [1.82, 2.24) is 0 Å². The summed E-state index contributed by atoms with van der Waals surface area (Å²) in [5, 5.41) is 10.3. The van der Waals surface area contributed by atoms with E-state index in [9.17, 15) is 5.11 Å². The highest BCUT2D eigenvalue weighted by atomic mass is 32.2. The lowest BCUT2D eigenvalue weighted by Gasteiger charge is -2.24. The van der Waals surface area contributed by atoms with Crippen LogP contribution >= 0.6 is 11.8 Å². The molecule has 0 saturated carbocycles. The summed E-state index contributed by atoms with van der Waals surface area (Å²) in [7, 11) is 1.72. The van der Waals surface area contributed by atoms with E-state index in [-0.39, 0.29) is 11.7 Å². The van der Waals surface area contributed by atoms with Gasteiger partial charge < -0.3 is 9.84 Å². The molecule has 0 aliphatic rings. The summed E-state index contributed by atoms with van der Waals surface area (Å²) in [5.41, 5.74) is -0.108. The molecule has 1 N–H and O–H groups in total. The molecule has 0 rings (SSSR count). The van der Waals surface area contributed by atoms with Gasteiger partial charge in [-0.1, -0.05) is 13.8 Å². The van der Waals surface area contributed by atoms with Crippen molar-refractivity contribution >= 4 is 11.8 Å². The maximum atomic E-state index is 9.68. The average Bonchev–Trinajstić information content (AvgIpc) is 2.11. The molecule has 2 nitrogen and oxygen atoms in total. The first kappa shape index (κ1) is 14.3. The molecule has 0 radical (unpaired) electrons. The molecule has 0 aliphatic heterocycles. The van der Waals surface area contributed by atoms with Crippen LogP contribution in [0.4, 0.5) is 0 Å². The highest BCUT2D eigenvalue weighted by molar-refractivity contribution is 7.99. The molecule has 0 spiro atoms. The highest BCUT2D eigenvalue weighted by Gasteiger charge is 2.18. The van der Waals surface area contributed by atoms with Crippen LogP contribution in [-0.2, 0) is 4.74 Å². The van der Waals surface area contributed by atoms with E-state index in [1.165, 1.54) is 0 Å². The van der Waals surface area contributed by atoms with Crippen LogP contribution in [0.15, 0.2) is 0 Å². The third-order valence-electron chi connectivity index (χ3n) is 2.25. The summed E-state index contributed by atoms with van der Waals surface area (Å²) < 4.78 is 5.30. The van der Waals surface area contributed by atoms with Crippen LogP contribution < -0.4 is 0 Å². The minimum Gasteiger partial charge on any atom is -0.392 e. The van der Waals surface area contributed by atoms with Gasteiger partial charge in [0.2, 0.25) is 0 Å². The second kappa shape index (κ2) is 6.70. The monoisotopic (exact) mass is 220 g/mol. The van der Waals surface area contributed by atoms with Crippen molar-refractivity contribution in [3.8, 4) is 0 Å². The molecule has 0 aromatic carbocycles. The fourth-order valence-corrected chi connectivity index (χ4v) is 1.78. The molecular formula is C11H24O2S. The first-order valence-corrected chi connectivity index (χ1v) is 6.27. The Morgan fingerprint density at radius 3 is 2.36 bits per heavy atom. The molecule has 14 heavy (non-hydrogen) atoms. The topological polar surface area (TPSA) is 29.5 Å². The predicted octanol–water partition coefficient (Wildman–Crippen LogP) is 2.69. The fourth-order valence-electron chi connectivity index (χ4n) is 1.00. The molecule has 0 aromatic rings. The number of hydrogen-bond donors (Lipinski definition) is 1. The van der Waals surface area contributed by atoms with Gasteiger partial charge in [0.15, 0.2) is 0 Å². The third kappa shape index (κ3) is 7.65. The highest BCUT2D eigenvalue weighted by Crippen LogP contribution is 2.19. The molecule has 0 bridgehead atoms. The van der Waals surface area contributed by atoms with Crippen molar-refractivity contribution < 1.29 is 9.84 Å². The van der Waals surface area contributed by atoms with Gasteiger partial charge in [0, 0.05) is 12.9 Å². The van der Waals surface area contributed by atoms with Crippen LogP contribution in [0.3, 0.4) is 0 Å². The summed E-state index contributed by atoms with van der Waals surface area (Å²) in [6, 6.07) is 0. The number of rotatable bonds is 7. The quantitative estimate of drug-likeness (QED) is 0.715. The van der Waals surface area contributed by atoms with E-state index < -0.39 is 0 Å². The number of aliphatic hydroxyl groups excluding tert-OH is 1. The Morgan fingerprint density at radius 1 is 1.36 bits per heavy atom. The van der Waals surface area contributed by atoms with Gasteiger partial charge >= 0.3 is 0 Å². The van der Waals surface area contributed by atoms with E-state index in [4.69, 9.17) is 4.74 Å². The predicted molar refractivity (Wildman–Crippen MR) is 63.9 cm³/mol. The molecular weight excluding hydrogens is 196 g/mol. The molecule has 3 heteroatoms. The van der Waals surface area contributed by atoms with E-state index in [2.05, 4.69) is 27.7 Å². The largest absolute Gasteiger partial charge is 0.392 e. The number of hydrogen-bond acceptors (Lipinski definition) is 3. The van der Waals surface area contributed by atoms with Crippen molar-refractivity contribution in [3.63, 3.8) is 0 Å². The van der Waals surface area contributed by atoms with Gasteiger partial charge in [-0.25, -0.2) is 0 Å². The van der Waals surface area contributed by atoms with Crippen LogP contribution in [0.2, 0.25) is 0 Å². The Hall–Kier alpha value is 0.270. The summed E-state index contributed by atoms with van der Waals surface area (Å²) in [6.45, 7) is 8.40. The van der Waals surface area contributed by atoms with Crippen molar-refractivity contribution in [1.29, 1.82) is 0 Å². The standard InChI is InChI=1S/C11H24O2S/c1-9(2)14-8-10(12)6-7-11(3,4)13-5/h9-10,12H,6-8H2,1-5H3. The van der Waals surface area contributed by atoms with Crippen LogP contribution in [0.25, 0.3) is 0 Å². The summed E-state index contributed by atoms with van der Waals surface area (Å²) in [6.07, 6.45) is 1.53. The number of thioether (sulfide) groups is 1. The molecule has 0 amide bonds. The second-order valence-electron chi connectivity index (χ2n) is 4.54. The van der Waals surface area contributed by atoms with Crippen LogP contribution in [0.5, 0.6) is 0 Å². The molecule has 0 heterocycles. The van der Waals surface area contributed by atoms with Gasteiger partial charge in [0.05, 0.1) is 11.7 Å². The zero-order chi connectivity index (χ0) is 11.2. The van der Waals surface area contributed by atoms with Gasteiger partial charge in [0.1, 0.15) is 0 Å². The average molecular weight is 220 g/mol.